The summed E-state index contributed by atoms with van der Waals surface area (Å²) in [6.07, 6.45) is 2.83. The normalized spacial score (nSPS) is 10.6. The van der Waals surface area contributed by atoms with Gasteiger partial charge in [-0.15, -0.1) is 5.10 Å². The van der Waals surface area contributed by atoms with Crippen molar-refractivity contribution in [1.29, 1.82) is 0 Å². The Balaban J connectivity index is 2.14. The Bertz CT molecular complexity index is 507. The minimum Gasteiger partial charge on any atom is -0.396 e. The van der Waals surface area contributed by atoms with Gasteiger partial charge in [0, 0.05) is 0 Å². The molecular formula is C8H11N7O. The fourth-order valence-electron chi connectivity index (χ4n) is 1.18. The van der Waals surface area contributed by atoms with Gasteiger partial charge in [0.15, 0.2) is 5.82 Å². The summed E-state index contributed by atoms with van der Waals surface area (Å²) in [6, 6.07) is 0. The quantitative estimate of drug-likeness (QED) is 0.691. The highest BCUT2D eigenvalue weighted by Crippen LogP contribution is 2.06. The van der Waals surface area contributed by atoms with Crippen LogP contribution in [0.5, 0.6) is 0 Å². The van der Waals surface area contributed by atoms with Gasteiger partial charge in [-0.25, -0.2) is 4.68 Å². The van der Waals surface area contributed by atoms with E-state index in [4.69, 9.17) is 11.5 Å². The lowest BCUT2D eigenvalue weighted by Gasteiger charge is -1.98. The highest BCUT2D eigenvalue weighted by molar-refractivity contribution is 5.78. The largest absolute Gasteiger partial charge is 0.396 e. The maximum absolute atomic E-state index is 11.7. The molecule has 8 nitrogen and oxygen atoms in total. The molecule has 0 aliphatic carbocycles. The zero-order valence-electron chi connectivity index (χ0n) is 8.66. The average Bonchev–Trinajstić information content (AvgIpc) is 2.75. The molecule has 0 radical (unpaired) electrons. The third-order valence-corrected chi connectivity index (χ3v) is 2.02. The molecule has 0 saturated heterocycles. The van der Waals surface area contributed by atoms with E-state index in [0.717, 1.165) is 0 Å². The van der Waals surface area contributed by atoms with Crippen molar-refractivity contribution < 1.29 is 4.79 Å². The van der Waals surface area contributed by atoms with Crippen molar-refractivity contribution in [2.24, 2.45) is 0 Å². The molecule has 84 valence electrons. The van der Waals surface area contributed by atoms with Crippen LogP contribution < -0.4 is 11.5 Å². The van der Waals surface area contributed by atoms with Crippen LogP contribution in [-0.2, 0) is 6.54 Å². The topological polar surface area (TPSA) is 118 Å². The van der Waals surface area contributed by atoms with Crippen molar-refractivity contribution in [3.63, 3.8) is 0 Å². The van der Waals surface area contributed by atoms with Crippen LogP contribution in [0.2, 0.25) is 0 Å². The van der Waals surface area contributed by atoms with Gasteiger partial charge in [0.25, 0.3) is 5.91 Å². The van der Waals surface area contributed by atoms with Crippen LogP contribution in [0.1, 0.15) is 10.5 Å². The van der Waals surface area contributed by atoms with Crippen molar-refractivity contribution in [1.82, 2.24) is 24.8 Å². The van der Waals surface area contributed by atoms with E-state index in [9.17, 15) is 4.79 Å². The smallest absolute Gasteiger partial charge is 0.270 e. The Morgan fingerprint density at radius 3 is 2.69 bits per heavy atom. The Morgan fingerprint density at radius 1 is 1.44 bits per heavy atom. The summed E-state index contributed by atoms with van der Waals surface area (Å²) >= 11 is 0. The second-order valence-corrected chi connectivity index (χ2v) is 3.31. The molecule has 0 fully saturated rings. The lowest BCUT2D eigenvalue weighted by atomic mass is 10.4. The molecule has 0 aliphatic rings. The number of aryl methyl sites for hydroxylation is 1. The second kappa shape index (κ2) is 3.65. The molecule has 0 bridgehead atoms. The predicted molar refractivity (Wildman–Crippen MR) is 56.4 cm³/mol. The van der Waals surface area contributed by atoms with E-state index in [1.165, 1.54) is 21.9 Å². The monoisotopic (exact) mass is 221 g/mol. The molecule has 2 aromatic heterocycles. The Morgan fingerprint density at radius 2 is 2.19 bits per heavy atom. The molecule has 0 spiro atoms. The van der Waals surface area contributed by atoms with E-state index >= 15 is 0 Å². The van der Waals surface area contributed by atoms with Crippen LogP contribution in [0.25, 0.3) is 0 Å². The number of nitrogen functional groups attached to an aromatic ring is 2. The molecule has 2 aromatic rings. The first kappa shape index (κ1) is 10.1. The first-order chi connectivity index (χ1) is 7.56. The zero-order chi connectivity index (χ0) is 11.7. The number of aromatic nitrogens is 5. The Labute approximate surface area is 90.8 Å². The van der Waals surface area contributed by atoms with Crippen molar-refractivity contribution in [2.75, 3.05) is 11.5 Å². The van der Waals surface area contributed by atoms with Crippen LogP contribution in [0.3, 0.4) is 0 Å². The van der Waals surface area contributed by atoms with Crippen molar-refractivity contribution in [2.45, 2.75) is 13.5 Å². The van der Waals surface area contributed by atoms with Gasteiger partial charge in [-0.3, -0.25) is 4.79 Å². The van der Waals surface area contributed by atoms with E-state index in [2.05, 4.69) is 15.3 Å². The molecule has 8 heteroatoms. The van der Waals surface area contributed by atoms with Gasteiger partial charge in [-0.1, -0.05) is 0 Å². The van der Waals surface area contributed by atoms with Gasteiger partial charge < -0.3 is 11.5 Å². The third kappa shape index (κ3) is 1.85. The highest BCUT2D eigenvalue weighted by Gasteiger charge is 2.10. The van der Waals surface area contributed by atoms with Crippen molar-refractivity contribution >= 4 is 17.4 Å². The maximum atomic E-state index is 11.7. The number of nitrogens with two attached hydrogens (primary N) is 2. The minimum absolute atomic E-state index is 0.0300. The fraction of sp³-hybridized carbons (Fsp3) is 0.250. The SMILES string of the molecule is Cc1nn(C(=O)Cn2ncc(N)n2)cc1N. The number of carbonyl (C=O) groups is 1. The summed E-state index contributed by atoms with van der Waals surface area (Å²) < 4.78 is 1.17. The molecule has 0 aliphatic heterocycles. The van der Waals surface area contributed by atoms with Crippen molar-refractivity contribution in [3.05, 3.63) is 18.1 Å². The maximum Gasteiger partial charge on any atom is 0.270 e. The molecule has 2 rings (SSSR count). The lowest BCUT2D eigenvalue weighted by Crippen LogP contribution is -2.20. The molecule has 4 N–H and O–H groups in total. The molecule has 16 heavy (non-hydrogen) atoms. The molecule has 0 aromatic carbocycles. The van der Waals surface area contributed by atoms with Gasteiger partial charge in [-0.2, -0.15) is 15.0 Å². The van der Waals surface area contributed by atoms with E-state index in [0.29, 0.717) is 11.4 Å². The summed E-state index contributed by atoms with van der Waals surface area (Å²) in [5.74, 6) is -0.0145. The fourth-order valence-corrected chi connectivity index (χ4v) is 1.18. The Kier molecular flexibility index (Phi) is 2.31. The number of hydrogen-bond donors (Lipinski definition) is 2. The van der Waals surface area contributed by atoms with Gasteiger partial charge in [0.05, 0.1) is 23.8 Å². The van der Waals surface area contributed by atoms with Gasteiger partial charge in [-0.05, 0) is 6.92 Å². The van der Waals surface area contributed by atoms with E-state index in [1.54, 1.807) is 6.92 Å². The van der Waals surface area contributed by atoms with Crippen LogP contribution in [0.15, 0.2) is 12.4 Å². The lowest BCUT2D eigenvalue weighted by molar-refractivity contribution is 0.0864. The molecular weight excluding hydrogens is 210 g/mol. The van der Waals surface area contributed by atoms with E-state index in [-0.39, 0.29) is 18.3 Å². The number of hydrogen-bond acceptors (Lipinski definition) is 6. The summed E-state index contributed by atoms with van der Waals surface area (Å²) in [5, 5.41) is 11.5. The zero-order valence-corrected chi connectivity index (χ0v) is 8.66. The van der Waals surface area contributed by atoms with Gasteiger partial charge in [0.1, 0.15) is 6.54 Å². The average molecular weight is 221 g/mol. The molecule has 0 unspecified atom stereocenters. The molecule has 0 amide bonds. The number of rotatable bonds is 2. The predicted octanol–water partition coefficient (Wildman–Crippen LogP) is -0.712. The van der Waals surface area contributed by atoms with Crippen LogP contribution in [-0.4, -0.2) is 30.7 Å². The molecule has 0 atom stereocenters. The summed E-state index contributed by atoms with van der Waals surface area (Å²) in [5.41, 5.74) is 12.0. The summed E-state index contributed by atoms with van der Waals surface area (Å²) in [4.78, 5) is 12.9. The summed E-state index contributed by atoms with van der Waals surface area (Å²) in [7, 11) is 0. The minimum atomic E-state index is -0.282. The first-order valence-corrected chi connectivity index (χ1v) is 4.57. The van der Waals surface area contributed by atoms with Gasteiger partial charge in [0.2, 0.25) is 0 Å². The van der Waals surface area contributed by atoms with E-state index in [1.807, 2.05) is 0 Å². The number of anilines is 2. The summed E-state index contributed by atoms with van der Waals surface area (Å²) in [6.45, 7) is 1.70. The molecule has 2 heterocycles. The van der Waals surface area contributed by atoms with Gasteiger partial charge >= 0.3 is 0 Å². The highest BCUT2D eigenvalue weighted by atomic mass is 16.2. The number of nitrogens with zero attached hydrogens (tertiary/aromatic N) is 5. The Hall–Kier alpha value is -2.38. The van der Waals surface area contributed by atoms with Crippen molar-refractivity contribution in [3.8, 4) is 0 Å². The standard InChI is InChI=1S/C8H11N7O/c1-5-6(9)3-14(12-5)8(16)4-15-11-2-7(10)13-15/h2-3H,4,9H2,1H3,(H2,10,13). The second-order valence-electron chi connectivity index (χ2n) is 3.31. The van der Waals surface area contributed by atoms with Crippen LogP contribution >= 0.6 is 0 Å². The van der Waals surface area contributed by atoms with Crippen LogP contribution in [0.4, 0.5) is 11.5 Å². The first-order valence-electron chi connectivity index (χ1n) is 4.57. The number of carbonyl (C=O) groups excluding carboxylic acids is 1. The van der Waals surface area contributed by atoms with Crippen LogP contribution in [0, 0.1) is 6.92 Å². The third-order valence-electron chi connectivity index (χ3n) is 2.02. The van der Waals surface area contributed by atoms with E-state index < -0.39 is 0 Å². The molecule has 0 saturated carbocycles.